The van der Waals surface area contributed by atoms with Crippen LogP contribution in [0.5, 0.6) is 0 Å². The second kappa shape index (κ2) is 5.04. The first-order valence-electron chi connectivity index (χ1n) is 6.95. The van der Waals surface area contributed by atoms with Crippen molar-refractivity contribution >= 4 is 11.5 Å². The van der Waals surface area contributed by atoms with Crippen LogP contribution in [0, 0.1) is 0 Å². The molecule has 0 aliphatic carbocycles. The Morgan fingerprint density at radius 1 is 1.18 bits per heavy atom. The van der Waals surface area contributed by atoms with Crippen LogP contribution in [0.15, 0.2) is 30.0 Å². The number of hydrogen-bond acceptors (Lipinski definition) is 2. The number of amides is 1. The van der Waals surface area contributed by atoms with Gasteiger partial charge >= 0.3 is 6.18 Å². The average molecular weight is 312 g/mol. The summed E-state index contributed by atoms with van der Waals surface area (Å²) in [4.78, 5) is 14.2. The van der Waals surface area contributed by atoms with Crippen LogP contribution in [0.1, 0.15) is 38.8 Å². The summed E-state index contributed by atoms with van der Waals surface area (Å²) < 4.78 is 38.5. The zero-order chi connectivity index (χ0) is 16.9. The Hall–Kier alpha value is -1.98. The number of nitrogens with zero attached hydrogens (tertiary/aromatic N) is 1. The van der Waals surface area contributed by atoms with E-state index in [1.54, 1.807) is 11.8 Å². The van der Waals surface area contributed by atoms with Crippen LogP contribution in [0.25, 0.3) is 5.57 Å². The maximum absolute atomic E-state index is 12.8. The van der Waals surface area contributed by atoms with Gasteiger partial charge < -0.3 is 10.6 Å². The Balaban J connectivity index is 2.52. The summed E-state index contributed by atoms with van der Waals surface area (Å²) in [5, 5.41) is 0. The largest absolute Gasteiger partial charge is 0.416 e. The van der Waals surface area contributed by atoms with Crippen LogP contribution < -0.4 is 5.73 Å². The first kappa shape index (κ1) is 16.4. The van der Waals surface area contributed by atoms with Crippen LogP contribution >= 0.6 is 0 Å². The lowest BCUT2D eigenvalue weighted by Crippen LogP contribution is -2.48. The van der Waals surface area contributed by atoms with Gasteiger partial charge in [0.25, 0.3) is 5.91 Å². The number of halogens is 3. The van der Waals surface area contributed by atoms with Gasteiger partial charge in [0, 0.05) is 11.2 Å². The van der Waals surface area contributed by atoms with Gasteiger partial charge in [-0.1, -0.05) is 12.1 Å². The lowest BCUT2D eigenvalue weighted by molar-refractivity contribution is -0.137. The molecule has 120 valence electrons. The van der Waals surface area contributed by atoms with Crippen molar-refractivity contribution in [1.29, 1.82) is 0 Å². The van der Waals surface area contributed by atoms with Crippen molar-refractivity contribution in [1.82, 2.24) is 4.90 Å². The lowest BCUT2D eigenvalue weighted by Gasteiger charge is -2.36. The van der Waals surface area contributed by atoms with Gasteiger partial charge in [-0.2, -0.15) is 13.2 Å². The van der Waals surface area contributed by atoms with E-state index in [1.165, 1.54) is 12.1 Å². The van der Waals surface area contributed by atoms with Gasteiger partial charge in [0.05, 0.1) is 17.2 Å². The predicted molar refractivity (Wildman–Crippen MR) is 78.6 cm³/mol. The quantitative estimate of drug-likeness (QED) is 0.864. The molecule has 1 unspecified atom stereocenters. The molecule has 2 rings (SSSR count). The predicted octanol–water partition coefficient (Wildman–Crippen LogP) is 3.40. The van der Waals surface area contributed by atoms with Crippen molar-refractivity contribution in [3.63, 3.8) is 0 Å². The third kappa shape index (κ3) is 2.69. The average Bonchev–Trinajstić information content (AvgIpc) is 2.58. The van der Waals surface area contributed by atoms with E-state index >= 15 is 0 Å². The number of rotatable bonds is 1. The van der Waals surface area contributed by atoms with Crippen LogP contribution in [0.2, 0.25) is 0 Å². The van der Waals surface area contributed by atoms with E-state index in [0.29, 0.717) is 5.70 Å². The molecule has 0 spiro atoms. The van der Waals surface area contributed by atoms with E-state index in [-0.39, 0.29) is 23.1 Å². The minimum absolute atomic E-state index is 0.161. The molecule has 1 heterocycles. The summed E-state index contributed by atoms with van der Waals surface area (Å²) in [7, 11) is 0. The zero-order valence-corrected chi connectivity index (χ0v) is 13.0. The Kier molecular flexibility index (Phi) is 3.75. The number of hydrogen-bond donors (Lipinski definition) is 1. The highest BCUT2D eigenvalue weighted by Gasteiger charge is 2.42. The van der Waals surface area contributed by atoms with Crippen molar-refractivity contribution in [2.75, 3.05) is 0 Å². The van der Waals surface area contributed by atoms with Crippen LogP contribution in [-0.4, -0.2) is 22.4 Å². The van der Waals surface area contributed by atoms with E-state index in [0.717, 1.165) is 12.1 Å². The fourth-order valence-corrected chi connectivity index (χ4v) is 2.79. The van der Waals surface area contributed by atoms with Crippen LogP contribution in [0.4, 0.5) is 13.2 Å². The minimum Gasteiger partial charge on any atom is -0.400 e. The smallest absolute Gasteiger partial charge is 0.400 e. The van der Waals surface area contributed by atoms with E-state index in [4.69, 9.17) is 5.73 Å². The van der Waals surface area contributed by atoms with Crippen LogP contribution in [-0.2, 0) is 11.0 Å². The molecule has 1 amide bonds. The number of benzene rings is 1. The molecule has 0 radical (unpaired) electrons. The molecule has 0 bridgehead atoms. The molecule has 22 heavy (non-hydrogen) atoms. The minimum atomic E-state index is -4.46. The van der Waals surface area contributed by atoms with Gasteiger partial charge in [-0.3, -0.25) is 4.79 Å². The maximum atomic E-state index is 12.8. The molecule has 1 aromatic rings. The second-order valence-corrected chi connectivity index (χ2v) is 6.43. The van der Waals surface area contributed by atoms with Gasteiger partial charge in [0.1, 0.15) is 0 Å². The SMILES string of the molecule is CC1C(N)=C(c2cccc(C(F)(F)F)c2)C(=O)N1C(C)(C)C. The Morgan fingerprint density at radius 2 is 1.77 bits per heavy atom. The highest BCUT2D eigenvalue weighted by Crippen LogP contribution is 2.37. The third-order valence-corrected chi connectivity index (χ3v) is 3.76. The standard InChI is InChI=1S/C16H19F3N2O/c1-9-13(20)12(14(22)21(9)15(2,3)4)10-6-5-7-11(8-10)16(17,18)19/h5-9H,20H2,1-4H3. The molecule has 1 aliphatic heterocycles. The Bertz CT molecular complexity index is 642. The zero-order valence-electron chi connectivity index (χ0n) is 13.0. The summed E-state index contributed by atoms with van der Waals surface area (Å²) in [6.45, 7) is 7.37. The first-order valence-corrected chi connectivity index (χ1v) is 6.95. The van der Waals surface area contributed by atoms with Crippen molar-refractivity contribution in [2.24, 2.45) is 5.73 Å². The Labute approximate surface area is 127 Å². The van der Waals surface area contributed by atoms with Gasteiger partial charge in [0.2, 0.25) is 0 Å². The highest BCUT2D eigenvalue weighted by molar-refractivity contribution is 6.23. The van der Waals surface area contributed by atoms with Gasteiger partial charge in [-0.25, -0.2) is 0 Å². The molecule has 1 aromatic carbocycles. The van der Waals surface area contributed by atoms with Crippen molar-refractivity contribution in [3.05, 3.63) is 41.1 Å². The number of carbonyl (C=O) groups excluding carboxylic acids is 1. The Morgan fingerprint density at radius 3 is 2.23 bits per heavy atom. The van der Waals surface area contributed by atoms with E-state index in [2.05, 4.69) is 0 Å². The first-order chi connectivity index (χ1) is 9.94. The summed E-state index contributed by atoms with van der Waals surface area (Å²) in [6, 6.07) is 4.37. The molecule has 3 nitrogen and oxygen atoms in total. The number of nitrogens with two attached hydrogens (primary N) is 1. The molecule has 0 saturated carbocycles. The normalized spacial score (nSPS) is 20.0. The van der Waals surface area contributed by atoms with Crippen molar-refractivity contribution in [3.8, 4) is 0 Å². The summed E-state index contributed by atoms with van der Waals surface area (Å²) in [6.07, 6.45) is -4.46. The summed E-state index contributed by atoms with van der Waals surface area (Å²) >= 11 is 0. The molecule has 1 atom stereocenters. The second-order valence-electron chi connectivity index (χ2n) is 6.43. The monoisotopic (exact) mass is 312 g/mol. The molecule has 6 heteroatoms. The molecule has 1 aliphatic rings. The molecular weight excluding hydrogens is 293 g/mol. The molecule has 0 saturated heterocycles. The highest BCUT2D eigenvalue weighted by atomic mass is 19.4. The van der Waals surface area contributed by atoms with Gasteiger partial charge in [-0.05, 0) is 45.4 Å². The summed E-state index contributed by atoms with van der Waals surface area (Å²) in [5.41, 5.74) is 5.44. The van der Waals surface area contributed by atoms with E-state index in [1.807, 2.05) is 20.8 Å². The summed E-state index contributed by atoms with van der Waals surface area (Å²) in [5.74, 6) is -0.336. The molecule has 0 aromatic heterocycles. The molecule has 2 N–H and O–H groups in total. The van der Waals surface area contributed by atoms with Gasteiger partial charge in [-0.15, -0.1) is 0 Å². The topological polar surface area (TPSA) is 46.3 Å². The third-order valence-electron chi connectivity index (χ3n) is 3.76. The maximum Gasteiger partial charge on any atom is 0.416 e. The molecular formula is C16H19F3N2O. The fraction of sp³-hybridized carbons (Fsp3) is 0.438. The molecule has 0 fully saturated rings. The lowest BCUT2D eigenvalue weighted by atomic mass is 10.0. The van der Waals surface area contributed by atoms with Gasteiger partial charge in [0.15, 0.2) is 0 Å². The van der Waals surface area contributed by atoms with Crippen molar-refractivity contribution in [2.45, 2.75) is 45.5 Å². The number of carbonyl (C=O) groups is 1. The fourth-order valence-electron chi connectivity index (χ4n) is 2.79. The van der Waals surface area contributed by atoms with E-state index < -0.39 is 17.3 Å². The van der Waals surface area contributed by atoms with Crippen molar-refractivity contribution < 1.29 is 18.0 Å². The van der Waals surface area contributed by atoms with Crippen LogP contribution in [0.3, 0.4) is 0 Å². The van der Waals surface area contributed by atoms with E-state index in [9.17, 15) is 18.0 Å². The number of alkyl halides is 3.